The molecule has 0 unspecified atom stereocenters. The molecular formula is C17H22ClN3. The van der Waals surface area contributed by atoms with Gasteiger partial charge in [-0.3, -0.25) is 0 Å². The fraction of sp³-hybridized carbons (Fsp3) is 0.471. The van der Waals surface area contributed by atoms with Gasteiger partial charge in [-0.25, -0.2) is 4.68 Å². The van der Waals surface area contributed by atoms with Gasteiger partial charge in [0.15, 0.2) is 0 Å². The van der Waals surface area contributed by atoms with E-state index in [0.29, 0.717) is 11.9 Å². The summed E-state index contributed by atoms with van der Waals surface area (Å²) in [6, 6.07) is 10.9. The molecule has 4 heteroatoms. The predicted octanol–water partition coefficient (Wildman–Crippen LogP) is 4.30. The number of alkyl halides is 1. The van der Waals surface area contributed by atoms with Crippen molar-refractivity contribution < 1.29 is 0 Å². The second-order valence-corrected chi connectivity index (χ2v) is 6.09. The van der Waals surface area contributed by atoms with Gasteiger partial charge < -0.3 is 4.90 Å². The van der Waals surface area contributed by atoms with Crippen molar-refractivity contribution in [1.82, 2.24) is 9.78 Å². The number of halogens is 1. The van der Waals surface area contributed by atoms with Crippen molar-refractivity contribution in [3.05, 3.63) is 41.6 Å². The Balaban J connectivity index is 2.08. The van der Waals surface area contributed by atoms with E-state index in [1.165, 1.54) is 25.7 Å². The van der Waals surface area contributed by atoms with Crippen LogP contribution in [0.25, 0.3) is 5.69 Å². The Kier molecular flexibility index (Phi) is 4.20. The van der Waals surface area contributed by atoms with Crippen LogP contribution in [-0.2, 0) is 5.88 Å². The lowest BCUT2D eigenvalue weighted by Crippen LogP contribution is -2.31. The van der Waals surface area contributed by atoms with Gasteiger partial charge in [-0.15, -0.1) is 11.6 Å². The van der Waals surface area contributed by atoms with E-state index in [0.717, 1.165) is 22.8 Å². The fourth-order valence-corrected chi connectivity index (χ4v) is 3.59. The molecule has 0 atom stereocenters. The number of anilines is 1. The van der Waals surface area contributed by atoms with E-state index < -0.39 is 0 Å². The van der Waals surface area contributed by atoms with Crippen LogP contribution in [0.4, 0.5) is 5.82 Å². The van der Waals surface area contributed by atoms with E-state index in [9.17, 15) is 0 Å². The van der Waals surface area contributed by atoms with Gasteiger partial charge in [0, 0.05) is 18.7 Å². The molecule has 0 amide bonds. The molecule has 0 saturated heterocycles. The molecule has 3 rings (SSSR count). The highest BCUT2D eigenvalue weighted by Crippen LogP contribution is 2.33. The summed E-state index contributed by atoms with van der Waals surface area (Å²) in [5, 5.41) is 4.73. The zero-order valence-electron chi connectivity index (χ0n) is 12.7. The fourth-order valence-electron chi connectivity index (χ4n) is 3.28. The third-order valence-electron chi connectivity index (χ3n) is 4.50. The molecule has 1 saturated carbocycles. The molecule has 0 aliphatic heterocycles. The molecule has 0 bridgehead atoms. The summed E-state index contributed by atoms with van der Waals surface area (Å²) >= 11 is 6.21. The lowest BCUT2D eigenvalue weighted by atomic mass is 10.2. The average molecular weight is 304 g/mol. The number of aryl methyl sites for hydroxylation is 1. The highest BCUT2D eigenvalue weighted by Gasteiger charge is 2.26. The molecule has 1 aromatic carbocycles. The molecule has 2 aromatic rings. The van der Waals surface area contributed by atoms with E-state index >= 15 is 0 Å². The quantitative estimate of drug-likeness (QED) is 0.785. The third kappa shape index (κ3) is 2.67. The zero-order valence-corrected chi connectivity index (χ0v) is 13.5. The topological polar surface area (TPSA) is 21.1 Å². The molecule has 1 aromatic heterocycles. The highest BCUT2D eigenvalue weighted by molar-refractivity contribution is 6.17. The largest absolute Gasteiger partial charge is 0.356 e. The second-order valence-electron chi connectivity index (χ2n) is 5.82. The summed E-state index contributed by atoms with van der Waals surface area (Å²) in [6.45, 7) is 2.04. The Bertz CT molecular complexity index is 600. The maximum Gasteiger partial charge on any atom is 0.137 e. The lowest BCUT2D eigenvalue weighted by molar-refractivity contribution is 0.633. The first-order valence-corrected chi connectivity index (χ1v) is 8.18. The van der Waals surface area contributed by atoms with E-state index in [2.05, 4.69) is 24.1 Å². The van der Waals surface area contributed by atoms with Gasteiger partial charge in [0.05, 0.1) is 17.3 Å². The Labute approximate surface area is 131 Å². The van der Waals surface area contributed by atoms with Crippen molar-refractivity contribution in [2.45, 2.75) is 44.5 Å². The summed E-state index contributed by atoms with van der Waals surface area (Å²) in [5.41, 5.74) is 3.26. The van der Waals surface area contributed by atoms with Gasteiger partial charge in [0.1, 0.15) is 5.82 Å². The van der Waals surface area contributed by atoms with Crippen LogP contribution >= 0.6 is 11.6 Å². The number of para-hydroxylation sites is 1. The molecule has 1 fully saturated rings. The molecular weight excluding hydrogens is 282 g/mol. The summed E-state index contributed by atoms with van der Waals surface area (Å²) < 4.78 is 2.05. The van der Waals surface area contributed by atoms with Gasteiger partial charge >= 0.3 is 0 Å². The maximum atomic E-state index is 6.21. The van der Waals surface area contributed by atoms with Crippen LogP contribution < -0.4 is 4.90 Å². The first-order valence-electron chi connectivity index (χ1n) is 7.65. The number of aromatic nitrogens is 2. The number of hydrogen-bond acceptors (Lipinski definition) is 2. The van der Waals surface area contributed by atoms with Crippen LogP contribution in [0, 0.1) is 6.92 Å². The van der Waals surface area contributed by atoms with Crippen molar-refractivity contribution in [1.29, 1.82) is 0 Å². The summed E-state index contributed by atoms with van der Waals surface area (Å²) in [4.78, 5) is 2.39. The van der Waals surface area contributed by atoms with Gasteiger partial charge in [-0.05, 0) is 31.9 Å². The van der Waals surface area contributed by atoms with E-state index in [1.807, 2.05) is 29.8 Å². The normalized spacial score (nSPS) is 15.6. The first-order chi connectivity index (χ1) is 10.2. The van der Waals surface area contributed by atoms with Crippen molar-refractivity contribution in [3.8, 4) is 5.69 Å². The van der Waals surface area contributed by atoms with Crippen molar-refractivity contribution in [2.24, 2.45) is 0 Å². The SMILES string of the molecule is Cc1nn(-c2ccccc2)c(N(C)C2CCCC2)c1CCl. The average Bonchev–Trinajstić information content (AvgIpc) is 3.15. The minimum Gasteiger partial charge on any atom is -0.356 e. The molecule has 112 valence electrons. The highest BCUT2D eigenvalue weighted by atomic mass is 35.5. The summed E-state index contributed by atoms with van der Waals surface area (Å²) in [5.74, 6) is 1.66. The molecule has 3 nitrogen and oxygen atoms in total. The smallest absolute Gasteiger partial charge is 0.137 e. The Morgan fingerprint density at radius 3 is 2.52 bits per heavy atom. The van der Waals surface area contributed by atoms with Crippen LogP contribution in [0.15, 0.2) is 30.3 Å². The van der Waals surface area contributed by atoms with Gasteiger partial charge in [0.2, 0.25) is 0 Å². The minimum atomic E-state index is 0.505. The van der Waals surface area contributed by atoms with Crippen LogP contribution in [0.1, 0.15) is 36.9 Å². The maximum absolute atomic E-state index is 6.21. The molecule has 0 N–H and O–H groups in total. The lowest BCUT2D eigenvalue weighted by Gasteiger charge is -2.28. The van der Waals surface area contributed by atoms with Crippen molar-refractivity contribution >= 4 is 17.4 Å². The molecule has 0 radical (unpaired) electrons. The second kappa shape index (κ2) is 6.10. The monoisotopic (exact) mass is 303 g/mol. The number of benzene rings is 1. The minimum absolute atomic E-state index is 0.505. The molecule has 1 heterocycles. The molecule has 21 heavy (non-hydrogen) atoms. The van der Waals surface area contributed by atoms with E-state index in [-0.39, 0.29) is 0 Å². The Morgan fingerprint density at radius 2 is 1.90 bits per heavy atom. The Hall–Kier alpha value is -1.48. The number of hydrogen-bond donors (Lipinski definition) is 0. The van der Waals surface area contributed by atoms with Crippen LogP contribution in [-0.4, -0.2) is 22.9 Å². The van der Waals surface area contributed by atoms with Gasteiger partial charge in [-0.1, -0.05) is 31.0 Å². The summed E-state index contributed by atoms with van der Waals surface area (Å²) in [7, 11) is 2.18. The van der Waals surface area contributed by atoms with Crippen molar-refractivity contribution in [3.63, 3.8) is 0 Å². The molecule has 1 aliphatic carbocycles. The molecule has 0 spiro atoms. The molecule has 1 aliphatic rings. The van der Waals surface area contributed by atoms with E-state index in [4.69, 9.17) is 16.7 Å². The summed E-state index contributed by atoms with van der Waals surface area (Å²) in [6.07, 6.45) is 5.17. The van der Waals surface area contributed by atoms with Crippen molar-refractivity contribution in [2.75, 3.05) is 11.9 Å². The van der Waals surface area contributed by atoms with Crippen LogP contribution in [0.3, 0.4) is 0 Å². The number of nitrogens with zero attached hydrogens (tertiary/aromatic N) is 3. The third-order valence-corrected chi connectivity index (χ3v) is 4.77. The van der Waals surface area contributed by atoms with Crippen LogP contribution in [0.2, 0.25) is 0 Å². The van der Waals surface area contributed by atoms with Gasteiger partial charge in [0.25, 0.3) is 0 Å². The predicted molar refractivity (Wildman–Crippen MR) is 88.5 cm³/mol. The standard InChI is InChI=1S/C17H22ClN3/c1-13-16(12-18)17(20(2)14-8-6-7-9-14)21(19-13)15-10-4-3-5-11-15/h3-5,10-11,14H,6-9,12H2,1-2H3. The zero-order chi connectivity index (χ0) is 14.8. The van der Waals surface area contributed by atoms with Gasteiger partial charge in [-0.2, -0.15) is 5.10 Å². The first kappa shape index (κ1) is 14.5. The number of rotatable bonds is 4. The van der Waals surface area contributed by atoms with E-state index in [1.54, 1.807) is 0 Å². The Morgan fingerprint density at radius 1 is 1.24 bits per heavy atom. The van der Waals surface area contributed by atoms with Crippen LogP contribution in [0.5, 0.6) is 0 Å².